The molecule has 0 radical (unpaired) electrons. The Balaban J connectivity index is 2.48. The van der Waals surface area contributed by atoms with Crippen LogP contribution in [0.2, 0.25) is 0 Å². The van der Waals surface area contributed by atoms with E-state index in [2.05, 4.69) is 5.92 Å². The van der Waals surface area contributed by atoms with Gasteiger partial charge in [0.1, 0.15) is 31.0 Å². The molecule has 0 aromatic carbocycles. The van der Waals surface area contributed by atoms with Gasteiger partial charge >= 0.3 is 0 Å². The van der Waals surface area contributed by atoms with E-state index in [9.17, 15) is 10.2 Å². The van der Waals surface area contributed by atoms with Gasteiger partial charge in [0.2, 0.25) is 0 Å². The van der Waals surface area contributed by atoms with Crippen molar-refractivity contribution in [2.24, 2.45) is 0 Å². The highest BCUT2D eigenvalue weighted by Gasteiger charge is 2.42. The molecule has 0 aromatic rings. The average molecular weight is 218 g/mol. The van der Waals surface area contributed by atoms with Crippen LogP contribution in [0.4, 0.5) is 0 Å². The van der Waals surface area contributed by atoms with Gasteiger partial charge in [0.15, 0.2) is 6.29 Å². The van der Waals surface area contributed by atoms with Crippen LogP contribution in [-0.2, 0) is 9.47 Å². The van der Waals surface area contributed by atoms with E-state index in [0.717, 1.165) is 0 Å². The minimum absolute atomic E-state index is 0.0430. The number of ether oxygens (including phenoxy) is 2. The summed E-state index contributed by atoms with van der Waals surface area (Å²) in [4.78, 5) is 0. The van der Waals surface area contributed by atoms with Crippen LogP contribution in [0.25, 0.3) is 0 Å². The number of aliphatic hydroxyl groups is 4. The van der Waals surface area contributed by atoms with Gasteiger partial charge in [-0.25, -0.2) is 0 Å². The van der Waals surface area contributed by atoms with Crippen LogP contribution in [0, 0.1) is 12.3 Å². The smallest absolute Gasteiger partial charge is 0.184 e. The molecule has 0 spiro atoms. The van der Waals surface area contributed by atoms with Crippen molar-refractivity contribution < 1.29 is 29.9 Å². The van der Waals surface area contributed by atoms with E-state index in [1.807, 2.05) is 0 Å². The fourth-order valence-corrected chi connectivity index (χ4v) is 1.30. The van der Waals surface area contributed by atoms with E-state index in [1.54, 1.807) is 0 Å². The molecule has 5 atom stereocenters. The first-order chi connectivity index (χ1) is 7.07. The molecule has 0 aromatic heterocycles. The van der Waals surface area contributed by atoms with Gasteiger partial charge in [-0.1, -0.05) is 5.92 Å². The highest BCUT2D eigenvalue weighted by molar-refractivity contribution is 4.89. The fraction of sp³-hybridized carbons (Fsp3) is 0.778. The zero-order valence-corrected chi connectivity index (χ0v) is 7.98. The first kappa shape index (κ1) is 12.4. The molecule has 1 unspecified atom stereocenters. The molecule has 1 aliphatic heterocycles. The second kappa shape index (κ2) is 5.42. The summed E-state index contributed by atoms with van der Waals surface area (Å²) in [7, 11) is 0. The molecule has 1 aliphatic rings. The second-order valence-corrected chi connectivity index (χ2v) is 3.26. The molecule has 1 rings (SSSR count). The molecule has 0 aliphatic carbocycles. The van der Waals surface area contributed by atoms with Crippen LogP contribution in [0.5, 0.6) is 0 Å². The zero-order chi connectivity index (χ0) is 11.4. The molecule has 1 heterocycles. The molecule has 0 bridgehead atoms. The van der Waals surface area contributed by atoms with Crippen molar-refractivity contribution in [3.05, 3.63) is 0 Å². The Morgan fingerprint density at radius 3 is 2.40 bits per heavy atom. The second-order valence-electron chi connectivity index (χ2n) is 3.26. The summed E-state index contributed by atoms with van der Waals surface area (Å²) in [6, 6.07) is 0. The minimum atomic E-state index is -1.54. The number of rotatable bonds is 3. The highest BCUT2D eigenvalue weighted by Crippen LogP contribution is 2.19. The highest BCUT2D eigenvalue weighted by atomic mass is 16.6. The SMILES string of the molecule is C#CCOC[C@H]1OC(O)[C@H](O)[C@@H](O)[C@H]1O. The van der Waals surface area contributed by atoms with Crippen LogP contribution in [0.3, 0.4) is 0 Å². The van der Waals surface area contributed by atoms with Crippen molar-refractivity contribution in [3.8, 4) is 12.3 Å². The van der Waals surface area contributed by atoms with E-state index in [4.69, 9.17) is 26.1 Å². The summed E-state index contributed by atoms with van der Waals surface area (Å²) in [5.41, 5.74) is 0. The molecule has 4 N–H and O–H groups in total. The molecule has 86 valence electrons. The maximum atomic E-state index is 9.45. The summed E-state index contributed by atoms with van der Waals surface area (Å²) in [6.07, 6.45) is -1.82. The molecule has 1 saturated heterocycles. The molecule has 0 amide bonds. The summed E-state index contributed by atoms with van der Waals surface area (Å²) >= 11 is 0. The Morgan fingerprint density at radius 2 is 1.80 bits per heavy atom. The summed E-state index contributed by atoms with van der Waals surface area (Å²) in [5.74, 6) is 2.22. The standard InChI is InChI=1S/C9H14O6/c1-2-3-14-4-5-6(10)7(11)8(12)9(13)15-5/h1,5-13H,3-4H2/t5-,6+,7+,8-,9?/m1/s1. The van der Waals surface area contributed by atoms with Crippen LogP contribution in [-0.4, -0.2) is 64.3 Å². The normalized spacial score (nSPS) is 41.1. The van der Waals surface area contributed by atoms with Gasteiger partial charge < -0.3 is 29.9 Å². The van der Waals surface area contributed by atoms with Crippen LogP contribution < -0.4 is 0 Å². The first-order valence-corrected chi connectivity index (χ1v) is 4.47. The van der Waals surface area contributed by atoms with Crippen LogP contribution in [0.1, 0.15) is 0 Å². The molecule has 6 heteroatoms. The lowest BCUT2D eigenvalue weighted by atomic mass is 9.99. The molecule has 15 heavy (non-hydrogen) atoms. The van der Waals surface area contributed by atoms with Crippen molar-refractivity contribution in [1.82, 2.24) is 0 Å². The molecule has 1 fully saturated rings. The van der Waals surface area contributed by atoms with Gasteiger partial charge in [0.25, 0.3) is 0 Å². The maximum absolute atomic E-state index is 9.45. The lowest BCUT2D eigenvalue weighted by Gasteiger charge is -2.38. The lowest BCUT2D eigenvalue weighted by molar-refractivity contribution is -0.288. The van der Waals surface area contributed by atoms with E-state index < -0.39 is 30.7 Å². The third kappa shape index (κ3) is 2.89. The summed E-state index contributed by atoms with van der Waals surface area (Å²) < 4.78 is 9.73. The van der Waals surface area contributed by atoms with Gasteiger partial charge in [-0.15, -0.1) is 6.42 Å². The Hall–Kier alpha value is -0.680. The summed E-state index contributed by atoms with van der Waals surface area (Å²) in [6.45, 7) is -0.0203. The zero-order valence-electron chi connectivity index (χ0n) is 7.98. The maximum Gasteiger partial charge on any atom is 0.184 e. The van der Waals surface area contributed by atoms with E-state index in [0.29, 0.717) is 0 Å². The Morgan fingerprint density at radius 1 is 1.13 bits per heavy atom. The van der Waals surface area contributed by atoms with Crippen LogP contribution in [0.15, 0.2) is 0 Å². The van der Waals surface area contributed by atoms with Crippen molar-refractivity contribution in [1.29, 1.82) is 0 Å². The number of terminal acetylenes is 1. The largest absolute Gasteiger partial charge is 0.387 e. The predicted molar refractivity (Wildman–Crippen MR) is 48.6 cm³/mol. The van der Waals surface area contributed by atoms with Gasteiger partial charge in [-0.05, 0) is 0 Å². The molecular formula is C9H14O6. The van der Waals surface area contributed by atoms with Crippen molar-refractivity contribution in [2.75, 3.05) is 13.2 Å². The van der Waals surface area contributed by atoms with Gasteiger partial charge in [-0.2, -0.15) is 0 Å². The molecule has 0 saturated carbocycles. The fourth-order valence-electron chi connectivity index (χ4n) is 1.30. The third-order valence-electron chi connectivity index (χ3n) is 2.15. The number of aliphatic hydroxyl groups excluding tert-OH is 4. The van der Waals surface area contributed by atoms with E-state index in [1.165, 1.54) is 0 Å². The quantitative estimate of drug-likeness (QED) is 0.307. The van der Waals surface area contributed by atoms with Gasteiger partial charge in [-0.3, -0.25) is 0 Å². The third-order valence-corrected chi connectivity index (χ3v) is 2.15. The topological polar surface area (TPSA) is 99.4 Å². The number of hydrogen-bond acceptors (Lipinski definition) is 6. The Labute approximate surface area is 87.1 Å². The Kier molecular flexibility index (Phi) is 4.47. The van der Waals surface area contributed by atoms with Crippen molar-refractivity contribution in [3.63, 3.8) is 0 Å². The average Bonchev–Trinajstić information content (AvgIpc) is 2.23. The minimum Gasteiger partial charge on any atom is -0.387 e. The lowest BCUT2D eigenvalue weighted by Crippen LogP contribution is -2.58. The van der Waals surface area contributed by atoms with Crippen molar-refractivity contribution >= 4 is 0 Å². The van der Waals surface area contributed by atoms with Gasteiger partial charge in [0, 0.05) is 0 Å². The first-order valence-electron chi connectivity index (χ1n) is 4.47. The van der Waals surface area contributed by atoms with Crippen molar-refractivity contribution in [2.45, 2.75) is 30.7 Å². The Bertz CT molecular complexity index is 237. The van der Waals surface area contributed by atoms with E-state index >= 15 is 0 Å². The number of hydrogen-bond donors (Lipinski definition) is 4. The molecule has 6 nitrogen and oxygen atoms in total. The van der Waals surface area contributed by atoms with Gasteiger partial charge in [0.05, 0.1) is 6.61 Å². The predicted octanol–water partition coefficient (Wildman–Crippen LogP) is -2.56. The molecular weight excluding hydrogens is 204 g/mol. The summed E-state index contributed by atoms with van der Waals surface area (Å²) in [5, 5.41) is 37.1. The van der Waals surface area contributed by atoms with E-state index in [-0.39, 0.29) is 13.2 Å². The van der Waals surface area contributed by atoms with Crippen LogP contribution >= 0.6 is 0 Å². The monoisotopic (exact) mass is 218 g/mol.